The Labute approximate surface area is 97.2 Å². The fourth-order valence-corrected chi connectivity index (χ4v) is 1.75. The van der Waals surface area contributed by atoms with Gasteiger partial charge >= 0.3 is 5.69 Å². The number of aromatic nitrogens is 3. The maximum absolute atomic E-state index is 11.0. The summed E-state index contributed by atoms with van der Waals surface area (Å²) in [5, 5.41) is 19.0. The first-order chi connectivity index (χ1) is 8.04. The Morgan fingerprint density at radius 3 is 2.71 bits per heavy atom. The first-order valence-electron chi connectivity index (χ1n) is 5.20. The molecule has 0 amide bonds. The predicted octanol–water partition coefficient (Wildman–Crippen LogP) is 2.08. The standard InChI is InChI=1S/C10H12N4O3/c1-4-13-10(8-5-6(2)17-12-8)9(14(15)16)7(3)11-13/h5H,4H2,1-3H3. The highest BCUT2D eigenvalue weighted by Crippen LogP contribution is 2.32. The predicted molar refractivity (Wildman–Crippen MR) is 59.5 cm³/mol. The molecule has 0 aromatic carbocycles. The molecule has 17 heavy (non-hydrogen) atoms. The van der Waals surface area contributed by atoms with E-state index in [2.05, 4.69) is 10.3 Å². The van der Waals surface area contributed by atoms with Crippen LogP contribution in [0, 0.1) is 24.0 Å². The van der Waals surface area contributed by atoms with Crippen molar-refractivity contribution in [2.75, 3.05) is 0 Å². The molecular formula is C10H12N4O3. The molecule has 0 radical (unpaired) electrons. The molecule has 0 saturated carbocycles. The van der Waals surface area contributed by atoms with Crippen LogP contribution >= 0.6 is 0 Å². The Morgan fingerprint density at radius 2 is 2.24 bits per heavy atom. The SMILES string of the molecule is CCn1nc(C)c([N+](=O)[O-])c1-c1cc(C)on1. The summed E-state index contributed by atoms with van der Waals surface area (Å²) in [4.78, 5) is 10.6. The highest BCUT2D eigenvalue weighted by molar-refractivity contribution is 5.68. The lowest BCUT2D eigenvalue weighted by molar-refractivity contribution is -0.384. The van der Waals surface area contributed by atoms with Crippen molar-refractivity contribution in [3.63, 3.8) is 0 Å². The molecule has 7 nitrogen and oxygen atoms in total. The molecule has 2 heterocycles. The zero-order valence-electron chi connectivity index (χ0n) is 9.80. The Morgan fingerprint density at radius 1 is 1.53 bits per heavy atom. The molecule has 0 bridgehead atoms. The fourth-order valence-electron chi connectivity index (χ4n) is 1.75. The van der Waals surface area contributed by atoms with Crippen LogP contribution in [0.4, 0.5) is 5.69 Å². The van der Waals surface area contributed by atoms with Crippen molar-refractivity contribution in [1.82, 2.24) is 14.9 Å². The van der Waals surface area contributed by atoms with Crippen LogP contribution in [-0.4, -0.2) is 19.9 Å². The lowest BCUT2D eigenvalue weighted by atomic mass is 10.2. The van der Waals surface area contributed by atoms with Gasteiger partial charge in [0.2, 0.25) is 0 Å². The van der Waals surface area contributed by atoms with E-state index in [0.717, 1.165) is 0 Å². The molecule has 0 unspecified atom stereocenters. The molecule has 0 N–H and O–H groups in total. The van der Waals surface area contributed by atoms with Crippen LogP contribution in [0.2, 0.25) is 0 Å². The minimum absolute atomic E-state index is 0.0137. The van der Waals surface area contributed by atoms with E-state index in [9.17, 15) is 10.1 Å². The Hall–Kier alpha value is -2.18. The van der Waals surface area contributed by atoms with Crippen LogP contribution in [0.1, 0.15) is 18.4 Å². The van der Waals surface area contributed by atoms with E-state index in [1.165, 1.54) is 0 Å². The van der Waals surface area contributed by atoms with E-state index in [0.29, 0.717) is 29.4 Å². The minimum Gasteiger partial charge on any atom is -0.361 e. The number of hydrogen-bond donors (Lipinski definition) is 0. The van der Waals surface area contributed by atoms with Gasteiger partial charge in [0.1, 0.15) is 17.1 Å². The van der Waals surface area contributed by atoms with Crippen molar-refractivity contribution in [3.8, 4) is 11.4 Å². The monoisotopic (exact) mass is 236 g/mol. The van der Waals surface area contributed by atoms with E-state index >= 15 is 0 Å². The van der Waals surface area contributed by atoms with E-state index in [-0.39, 0.29) is 5.69 Å². The molecule has 0 spiro atoms. The van der Waals surface area contributed by atoms with Gasteiger partial charge in [-0.25, -0.2) is 0 Å². The molecule has 0 aliphatic carbocycles. The van der Waals surface area contributed by atoms with Crippen molar-refractivity contribution in [2.45, 2.75) is 27.3 Å². The number of hydrogen-bond acceptors (Lipinski definition) is 5. The van der Waals surface area contributed by atoms with Crippen molar-refractivity contribution in [3.05, 3.63) is 27.6 Å². The molecule has 0 aliphatic heterocycles. The van der Waals surface area contributed by atoms with Crippen LogP contribution in [0.15, 0.2) is 10.6 Å². The van der Waals surface area contributed by atoms with Crippen molar-refractivity contribution >= 4 is 5.69 Å². The van der Waals surface area contributed by atoms with Crippen molar-refractivity contribution < 1.29 is 9.45 Å². The Kier molecular flexibility index (Phi) is 2.66. The highest BCUT2D eigenvalue weighted by atomic mass is 16.6. The van der Waals surface area contributed by atoms with Crippen LogP contribution < -0.4 is 0 Å². The van der Waals surface area contributed by atoms with Crippen molar-refractivity contribution in [2.24, 2.45) is 0 Å². The summed E-state index contributed by atoms with van der Waals surface area (Å²) in [7, 11) is 0. The van der Waals surface area contributed by atoms with Crippen LogP contribution in [-0.2, 0) is 6.54 Å². The molecule has 2 aromatic heterocycles. The second-order valence-electron chi connectivity index (χ2n) is 3.68. The van der Waals surface area contributed by atoms with E-state index in [1.54, 1.807) is 24.6 Å². The number of nitrogens with zero attached hydrogens (tertiary/aromatic N) is 4. The molecule has 0 fully saturated rings. The third kappa shape index (κ3) is 1.79. The molecule has 0 aliphatic rings. The highest BCUT2D eigenvalue weighted by Gasteiger charge is 2.27. The van der Waals surface area contributed by atoms with Gasteiger partial charge in [-0.15, -0.1) is 0 Å². The van der Waals surface area contributed by atoms with Crippen LogP contribution in [0.3, 0.4) is 0 Å². The quantitative estimate of drug-likeness (QED) is 0.601. The zero-order valence-corrected chi connectivity index (χ0v) is 9.80. The van der Waals surface area contributed by atoms with Gasteiger partial charge < -0.3 is 4.52 Å². The zero-order chi connectivity index (χ0) is 12.6. The lowest BCUT2D eigenvalue weighted by Gasteiger charge is -1.99. The summed E-state index contributed by atoms with van der Waals surface area (Å²) in [5.41, 5.74) is 1.20. The second-order valence-corrected chi connectivity index (χ2v) is 3.68. The molecule has 0 atom stereocenters. The molecular weight excluding hydrogens is 224 g/mol. The minimum atomic E-state index is -0.437. The third-order valence-electron chi connectivity index (χ3n) is 2.45. The average Bonchev–Trinajstić information content (AvgIpc) is 2.81. The first kappa shape index (κ1) is 11.3. The first-order valence-corrected chi connectivity index (χ1v) is 5.20. The number of aryl methyl sites for hydroxylation is 3. The maximum Gasteiger partial charge on any atom is 0.319 e. The summed E-state index contributed by atoms with van der Waals surface area (Å²) >= 11 is 0. The maximum atomic E-state index is 11.0. The van der Waals surface area contributed by atoms with Gasteiger partial charge in [0.25, 0.3) is 0 Å². The lowest BCUT2D eigenvalue weighted by Crippen LogP contribution is -2.00. The normalized spacial score (nSPS) is 10.8. The van der Waals surface area contributed by atoms with Gasteiger partial charge in [0.05, 0.1) is 4.92 Å². The fraction of sp³-hybridized carbons (Fsp3) is 0.400. The largest absolute Gasteiger partial charge is 0.361 e. The number of nitro groups is 1. The average molecular weight is 236 g/mol. The summed E-state index contributed by atoms with van der Waals surface area (Å²) < 4.78 is 6.51. The second kappa shape index (κ2) is 4.00. The van der Waals surface area contributed by atoms with Crippen LogP contribution in [0.25, 0.3) is 11.4 Å². The van der Waals surface area contributed by atoms with Gasteiger partial charge in [-0.2, -0.15) is 5.10 Å². The summed E-state index contributed by atoms with van der Waals surface area (Å²) in [6.07, 6.45) is 0. The molecule has 90 valence electrons. The number of rotatable bonds is 3. The third-order valence-corrected chi connectivity index (χ3v) is 2.45. The van der Waals surface area contributed by atoms with Gasteiger partial charge in [-0.05, 0) is 20.8 Å². The van der Waals surface area contributed by atoms with Gasteiger partial charge in [-0.3, -0.25) is 14.8 Å². The van der Waals surface area contributed by atoms with Crippen molar-refractivity contribution in [1.29, 1.82) is 0 Å². The summed E-state index contributed by atoms with van der Waals surface area (Å²) in [6.45, 7) is 5.76. The molecule has 0 saturated heterocycles. The summed E-state index contributed by atoms with van der Waals surface area (Å²) in [5.74, 6) is 0.607. The van der Waals surface area contributed by atoms with Gasteiger partial charge in [-0.1, -0.05) is 5.16 Å². The summed E-state index contributed by atoms with van der Waals surface area (Å²) in [6, 6.07) is 1.66. The smallest absolute Gasteiger partial charge is 0.319 e. The van der Waals surface area contributed by atoms with E-state index in [1.807, 2.05) is 6.92 Å². The van der Waals surface area contributed by atoms with E-state index in [4.69, 9.17) is 4.52 Å². The molecule has 7 heteroatoms. The molecule has 2 aromatic rings. The Balaban J connectivity index is 2.69. The van der Waals surface area contributed by atoms with Gasteiger partial charge in [0, 0.05) is 12.6 Å². The Bertz CT molecular complexity index is 570. The van der Waals surface area contributed by atoms with Crippen LogP contribution in [0.5, 0.6) is 0 Å². The topological polar surface area (TPSA) is 87.0 Å². The van der Waals surface area contributed by atoms with Gasteiger partial charge in [0.15, 0.2) is 5.69 Å². The van der Waals surface area contributed by atoms with E-state index < -0.39 is 4.92 Å². The molecule has 2 rings (SSSR count).